The zero-order valence-electron chi connectivity index (χ0n) is 17.4. The molecule has 0 spiro atoms. The molecule has 2 heteroatoms. The van der Waals surface area contributed by atoms with Crippen molar-refractivity contribution in [3.8, 4) is 27.9 Å². The Bertz CT molecular complexity index is 1550. The Hall–Kier alpha value is -3.62. The summed E-state index contributed by atoms with van der Waals surface area (Å²) < 4.78 is 3.47. The van der Waals surface area contributed by atoms with E-state index in [2.05, 4.69) is 142 Å². The van der Waals surface area contributed by atoms with Gasteiger partial charge in [0.25, 0.3) is 0 Å². The monoisotopic (exact) mass is 473 g/mol. The first-order valence-corrected chi connectivity index (χ1v) is 11.5. The second-order valence-corrected chi connectivity index (χ2v) is 8.92. The first kappa shape index (κ1) is 19.1. The molecule has 1 aromatic heterocycles. The summed E-state index contributed by atoms with van der Waals surface area (Å²) in [5, 5.41) is 2.53. The third-order valence-corrected chi connectivity index (χ3v) is 6.59. The molecule has 0 radical (unpaired) electrons. The summed E-state index contributed by atoms with van der Waals surface area (Å²) in [6.07, 6.45) is 0. The number of halogens is 1. The fourth-order valence-corrected chi connectivity index (χ4v) is 4.77. The van der Waals surface area contributed by atoms with Crippen molar-refractivity contribution in [1.29, 1.82) is 0 Å². The average Bonchev–Trinajstić information content (AvgIpc) is 3.18. The van der Waals surface area contributed by atoms with Crippen LogP contribution in [0.15, 0.2) is 126 Å². The van der Waals surface area contributed by atoms with Crippen molar-refractivity contribution in [3.05, 3.63) is 126 Å². The molecule has 1 heterocycles. The third kappa shape index (κ3) is 3.24. The molecular weight excluding hydrogens is 454 g/mol. The summed E-state index contributed by atoms with van der Waals surface area (Å²) in [5.41, 5.74) is 8.52. The lowest BCUT2D eigenvalue weighted by atomic mass is 10.0. The van der Waals surface area contributed by atoms with E-state index in [4.69, 9.17) is 0 Å². The van der Waals surface area contributed by atoms with Crippen molar-refractivity contribution >= 4 is 37.7 Å². The number of rotatable bonds is 3. The normalized spacial score (nSPS) is 11.3. The van der Waals surface area contributed by atoms with Crippen molar-refractivity contribution < 1.29 is 0 Å². The summed E-state index contributed by atoms with van der Waals surface area (Å²) in [6.45, 7) is 0. The van der Waals surface area contributed by atoms with E-state index in [9.17, 15) is 0 Å². The van der Waals surface area contributed by atoms with Crippen molar-refractivity contribution in [2.45, 2.75) is 0 Å². The largest absolute Gasteiger partial charge is 0.309 e. The predicted molar refractivity (Wildman–Crippen MR) is 139 cm³/mol. The van der Waals surface area contributed by atoms with Crippen molar-refractivity contribution in [1.82, 2.24) is 4.57 Å². The number of benzene rings is 5. The highest BCUT2D eigenvalue weighted by Crippen LogP contribution is 2.37. The molecule has 0 atom stereocenters. The van der Waals surface area contributed by atoms with Crippen LogP contribution in [-0.2, 0) is 0 Å². The van der Waals surface area contributed by atoms with E-state index in [0.29, 0.717) is 0 Å². The van der Waals surface area contributed by atoms with Gasteiger partial charge in [0.15, 0.2) is 0 Å². The smallest absolute Gasteiger partial charge is 0.0547 e. The van der Waals surface area contributed by atoms with E-state index in [1.165, 1.54) is 49.7 Å². The number of para-hydroxylation sites is 1. The highest BCUT2D eigenvalue weighted by atomic mass is 79.9. The number of hydrogen-bond acceptors (Lipinski definition) is 0. The first-order chi connectivity index (χ1) is 15.8. The fraction of sp³-hybridized carbons (Fsp3) is 0. The molecule has 0 aliphatic heterocycles. The maximum Gasteiger partial charge on any atom is 0.0547 e. The molecule has 6 rings (SSSR count). The van der Waals surface area contributed by atoms with Crippen LogP contribution >= 0.6 is 15.9 Å². The molecule has 0 amide bonds. The van der Waals surface area contributed by atoms with Crippen molar-refractivity contribution in [2.75, 3.05) is 0 Å². The molecule has 5 aromatic carbocycles. The van der Waals surface area contributed by atoms with Gasteiger partial charge in [0, 0.05) is 20.9 Å². The number of aromatic nitrogens is 1. The Labute approximate surface area is 195 Å². The van der Waals surface area contributed by atoms with Gasteiger partial charge in [0.05, 0.1) is 11.0 Å². The van der Waals surface area contributed by atoms with Crippen molar-refractivity contribution in [3.63, 3.8) is 0 Å². The van der Waals surface area contributed by atoms with Gasteiger partial charge < -0.3 is 4.57 Å². The highest BCUT2D eigenvalue weighted by molar-refractivity contribution is 9.10. The molecule has 0 aliphatic rings. The van der Waals surface area contributed by atoms with Crippen LogP contribution in [0.4, 0.5) is 0 Å². The van der Waals surface area contributed by atoms with Crippen LogP contribution in [0, 0.1) is 0 Å². The maximum atomic E-state index is 3.54. The highest BCUT2D eigenvalue weighted by Gasteiger charge is 2.14. The molecule has 1 nitrogen and oxygen atoms in total. The summed E-state index contributed by atoms with van der Waals surface area (Å²) in [6, 6.07) is 43.3. The van der Waals surface area contributed by atoms with Gasteiger partial charge in [-0.2, -0.15) is 0 Å². The molecule has 6 aromatic rings. The second-order valence-electron chi connectivity index (χ2n) is 8.01. The molecule has 32 heavy (non-hydrogen) atoms. The molecule has 0 unspecified atom stereocenters. The van der Waals surface area contributed by atoms with Gasteiger partial charge in [-0.15, -0.1) is 0 Å². The molecule has 0 saturated carbocycles. The number of nitrogens with zero attached hydrogens (tertiary/aromatic N) is 1. The molecule has 0 aliphatic carbocycles. The minimum absolute atomic E-state index is 1.09. The van der Waals surface area contributed by atoms with E-state index in [1.807, 2.05) is 0 Å². The lowest BCUT2D eigenvalue weighted by molar-refractivity contribution is 1.18. The lowest BCUT2D eigenvalue weighted by Crippen LogP contribution is -1.93. The second kappa shape index (κ2) is 7.81. The summed E-state index contributed by atoms with van der Waals surface area (Å²) >= 11 is 3.54. The SMILES string of the molecule is Brc1ccc(-c2ccc3c(c2)c2ccc(-c4ccccc4)cc2n3-c2ccccc2)cc1. The Morgan fingerprint density at radius 3 is 1.78 bits per heavy atom. The Morgan fingerprint density at radius 2 is 1.03 bits per heavy atom. The van der Waals surface area contributed by atoms with Gasteiger partial charge in [-0.1, -0.05) is 94.8 Å². The molecule has 152 valence electrons. The minimum Gasteiger partial charge on any atom is -0.309 e. The van der Waals surface area contributed by atoms with Crippen LogP contribution in [0.2, 0.25) is 0 Å². The molecule has 0 bridgehead atoms. The Kier molecular flexibility index (Phi) is 4.66. The summed E-state index contributed by atoms with van der Waals surface area (Å²) in [7, 11) is 0. The van der Waals surface area contributed by atoms with Gasteiger partial charge in [-0.25, -0.2) is 0 Å². The maximum absolute atomic E-state index is 3.54. The molecule has 0 fully saturated rings. The van der Waals surface area contributed by atoms with Gasteiger partial charge in [-0.05, 0) is 64.7 Å². The summed E-state index contributed by atoms with van der Waals surface area (Å²) in [5.74, 6) is 0. The van der Waals surface area contributed by atoms with Crippen LogP contribution in [0.3, 0.4) is 0 Å². The first-order valence-electron chi connectivity index (χ1n) is 10.7. The van der Waals surface area contributed by atoms with Crippen LogP contribution in [-0.4, -0.2) is 4.57 Å². The van der Waals surface area contributed by atoms with Gasteiger partial charge in [0.1, 0.15) is 0 Å². The molecule has 0 N–H and O–H groups in total. The Morgan fingerprint density at radius 1 is 0.438 bits per heavy atom. The standard InChI is InChI=1S/C30H20BrN/c31-25-15-11-22(12-16-25)23-14-18-29-28(19-23)27-17-13-24(21-7-3-1-4-8-21)20-30(27)32(29)26-9-5-2-6-10-26/h1-20H. The quantitative estimate of drug-likeness (QED) is 0.241. The molecule has 0 saturated heterocycles. The van der Waals surface area contributed by atoms with Crippen LogP contribution in [0.25, 0.3) is 49.7 Å². The fourth-order valence-electron chi connectivity index (χ4n) is 4.51. The van der Waals surface area contributed by atoms with Crippen LogP contribution in [0.5, 0.6) is 0 Å². The number of fused-ring (bicyclic) bond motifs is 3. The van der Waals surface area contributed by atoms with Crippen LogP contribution < -0.4 is 0 Å². The summed E-state index contributed by atoms with van der Waals surface area (Å²) in [4.78, 5) is 0. The number of hydrogen-bond donors (Lipinski definition) is 0. The van der Waals surface area contributed by atoms with E-state index in [1.54, 1.807) is 0 Å². The van der Waals surface area contributed by atoms with Crippen LogP contribution in [0.1, 0.15) is 0 Å². The van der Waals surface area contributed by atoms with E-state index < -0.39 is 0 Å². The zero-order valence-corrected chi connectivity index (χ0v) is 19.0. The van der Waals surface area contributed by atoms with Gasteiger partial charge in [-0.3, -0.25) is 0 Å². The van der Waals surface area contributed by atoms with Gasteiger partial charge >= 0.3 is 0 Å². The minimum atomic E-state index is 1.09. The van der Waals surface area contributed by atoms with E-state index >= 15 is 0 Å². The average molecular weight is 474 g/mol. The lowest BCUT2D eigenvalue weighted by Gasteiger charge is -2.09. The van der Waals surface area contributed by atoms with Crippen molar-refractivity contribution in [2.24, 2.45) is 0 Å². The van der Waals surface area contributed by atoms with E-state index in [0.717, 1.165) is 4.47 Å². The Balaban J connectivity index is 1.64. The van der Waals surface area contributed by atoms with Gasteiger partial charge in [0.2, 0.25) is 0 Å². The topological polar surface area (TPSA) is 4.93 Å². The van der Waals surface area contributed by atoms with E-state index in [-0.39, 0.29) is 0 Å². The molecular formula is C30H20BrN. The third-order valence-electron chi connectivity index (χ3n) is 6.07. The predicted octanol–water partition coefficient (Wildman–Crippen LogP) is 8.88. The zero-order chi connectivity index (χ0) is 21.5.